The number of rotatable bonds is 2. The molecule has 0 unspecified atom stereocenters. The van der Waals surface area contributed by atoms with Crippen LogP contribution in [0.2, 0.25) is 10.0 Å². The molecule has 0 aliphatic carbocycles. The summed E-state index contributed by atoms with van der Waals surface area (Å²) >= 11 is 14.9. The van der Waals surface area contributed by atoms with Gasteiger partial charge in [-0.1, -0.05) is 29.3 Å². The lowest BCUT2D eigenvalue weighted by Gasteiger charge is -2.11. The van der Waals surface area contributed by atoms with E-state index in [9.17, 15) is 9.18 Å². The standard InChI is InChI=1S/C14H9BrCl2FNO/c1-7-5-11(18)9(15)6-12(7)19-14(20)8-3-2-4-10(16)13(8)17/h2-6H,1H3,(H,19,20). The SMILES string of the molecule is Cc1cc(F)c(Br)cc1NC(=O)c1cccc(Cl)c1Cl. The van der Waals surface area contributed by atoms with E-state index in [-0.39, 0.29) is 20.9 Å². The number of nitrogens with one attached hydrogen (secondary N) is 1. The number of hydrogen-bond donors (Lipinski definition) is 1. The third-order valence-electron chi connectivity index (χ3n) is 2.71. The molecule has 0 saturated carbocycles. The van der Waals surface area contributed by atoms with Gasteiger partial charge < -0.3 is 5.32 Å². The number of aryl methyl sites for hydroxylation is 1. The minimum Gasteiger partial charge on any atom is -0.322 e. The summed E-state index contributed by atoms with van der Waals surface area (Å²) in [6.45, 7) is 1.70. The zero-order valence-corrected chi connectivity index (χ0v) is 13.4. The number of carbonyl (C=O) groups excluding carboxylic acids is 1. The van der Waals surface area contributed by atoms with Crippen molar-refractivity contribution in [2.75, 3.05) is 5.32 Å². The van der Waals surface area contributed by atoms with Crippen molar-refractivity contribution in [1.29, 1.82) is 0 Å². The number of anilines is 1. The summed E-state index contributed by atoms with van der Waals surface area (Å²) in [5.74, 6) is -0.791. The second-order valence-electron chi connectivity index (χ2n) is 4.14. The Morgan fingerprint density at radius 3 is 2.70 bits per heavy atom. The third kappa shape index (κ3) is 3.14. The Morgan fingerprint density at radius 2 is 2.00 bits per heavy atom. The fourth-order valence-corrected chi connectivity index (χ4v) is 2.38. The molecule has 0 spiro atoms. The van der Waals surface area contributed by atoms with Gasteiger partial charge in [0.15, 0.2) is 0 Å². The molecular formula is C14H9BrCl2FNO. The van der Waals surface area contributed by atoms with Crippen LogP contribution in [0.4, 0.5) is 10.1 Å². The maximum atomic E-state index is 13.3. The van der Waals surface area contributed by atoms with E-state index in [0.29, 0.717) is 16.3 Å². The summed E-state index contributed by atoms with van der Waals surface area (Å²) in [5, 5.41) is 3.17. The highest BCUT2D eigenvalue weighted by atomic mass is 79.9. The monoisotopic (exact) mass is 375 g/mol. The van der Waals surface area contributed by atoms with Crippen molar-refractivity contribution in [3.63, 3.8) is 0 Å². The molecule has 2 rings (SSSR count). The molecule has 0 aromatic heterocycles. The van der Waals surface area contributed by atoms with Crippen LogP contribution in [0.3, 0.4) is 0 Å². The summed E-state index contributed by atoms with van der Waals surface area (Å²) in [4.78, 5) is 12.2. The van der Waals surface area contributed by atoms with Gasteiger partial charge in [0.2, 0.25) is 0 Å². The van der Waals surface area contributed by atoms with E-state index in [4.69, 9.17) is 23.2 Å². The Hall–Kier alpha value is -1.10. The van der Waals surface area contributed by atoms with Crippen LogP contribution in [0.25, 0.3) is 0 Å². The Kier molecular flexibility index (Phi) is 4.68. The molecule has 2 nitrogen and oxygen atoms in total. The molecule has 0 atom stereocenters. The summed E-state index contributed by atoms with van der Waals surface area (Å²) < 4.78 is 13.6. The van der Waals surface area contributed by atoms with Gasteiger partial charge in [0.05, 0.1) is 20.1 Å². The van der Waals surface area contributed by atoms with Crippen molar-refractivity contribution in [1.82, 2.24) is 0 Å². The first-order valence-corrected chi connectivity index (χ1v) is 7.16. The Labute approximate surface area is 134 Å². The molecule has 0 bridgehead atoms. The largest absolute Gasteiger partial charge is 0.322 e. The molecule has 2 aromatic carbocycles. The molecule has 2 aromatic rings. The first-order valence-electron chi connectivity index (χ1n) is 5.61. The van der Waals surface area contributed by atoms with Crippen molar-refractivity contribution < 1.29 is 9.18 Å². The zero-order valence-electron chi connectivity index (χ0n) is 10.3. The van der Waals surface area contributed by atoms with Gasteiger partial charge in [-0.3, -0.25) is 4.79 Å². The number of hydrogen-bond acceptors (Lipinski definition) is 1. The Bertz CT molecular complexity index is 691. The van der Waals surface area contributed by atoms with Crippen molar-refractivity contribution >= 4 is 50.7 Å². The van der Waals surface area contributed by atoms with E-state index in [1.807, 2.05) is 0 Å². The molecule has 6 heteroatoms. The quantitative estimate of drug-likeness (QED) is 0.741. The Balaban J connectivity index is 2.33. The topological polar surface area (TPSA) is 29.1 Å². The summed E-state index contributed by atoms with van der Waals surface area (Å²) in [7, 11) is 0. The normalized spacial score (nSPS) is 10.4. The van der Waals surface area contributed by atoms with Crippen LogP contribution >= 0.6 is 39.1 Å². The minimum atomic E-state index is -0.404. The fourth-order valence-electron chi connectivity index (χ4n) is 1.65. The molecule has 0 aliphatic heterocycles. The van der Waals surface area contributed by atoms with Gasteiger partial charge in [-0.25, -0.2) is 4.39 Å². The van der Waals surface area contributed by atoms with Crippen LogP contribution in [-0.4, -0.2) is 5.91 Å². The average molecular weight is 377 g/mol. The van der Waals surface area contributed by atoms with E-state index >= 15 is 0 Å². The van der Waals surface area contributed by atoms with Crippen LogP contribution in [-0.2, 0) is 0 Å². The van der Waals surface area contributed by atoms with E-state index < -0.39 is 5.91 Å². The Morgan fingerprint density at radius 1 is 1.30 bits per heavy atom. The highest BCUT2D eigenvalue weighted by molar-refractivity contribution is 9.10. The van der Waals surface area contributed by atoms with Gasteiger partial charge in [0, 0.05) is 5.69 Å². The van der Waals surface area contributed by atoms with Gasteiger partial charge in [0.1, 0.15) is 5.82 Å². The second kappa shape index (κ2) is 6.12. The van der Waals surface area contributed by atoms with Crippen LogP contribution in [0.1, 0.15) is 15.9 Å². The number of carbonyl (C=O) groups is 1. The van der Waals surface area contributed by atoms with Gasteiger partial charge in [0.25, 0.3) is 5.91 Å². The molecule has 0 radical (unpaired) electrons. The molecular weight excluding hydrogens is 368 g/mol. The van der Waals surface area contributed by atoms with Gasteiger partial charge in [-0.2, -0.15) is 0 Å². The fraction of sp³-hybridized carbons (Fsp3) is 0.0714. The maximum Gasteiger partial charge on any atom is 0.257 e. The zero-order chi connectivity index (χ0) is 14.9. The van der Waals surface area contributed by atoms with Crippen LogP contribution in [0, 0.1) is 12.7 Å². The summed E-state index contributed by atoms with van der Waals surface area (Å²) in [6.07, 6.45) is 0. The van der Waals surface area contributed by atoms with Gasteiger partial charge in [-0.05, 0) is 52.7 Å². The first-order chi connectivity index (χ1) is 9.40. The van der Waals surface area contributed by atoms with E-state index in [2.05, 4.69) is 21.2 Å². The lowest BCUT2D eigenvalue weighted by molar-refractivity contribution is 0.102. The smallest absolute Gasteiger partial charge is 0.257 e. The van der Waals surface area contributed by atoms with Crippen molar-refractivity contribution in [2.24, 2.45) is 0 Å². The van der Waals surface area contributed by atoms with Crippen LogP contribution in [0.5, 0.6) is 0 Å². The molecule has 0 aliphatic rings. The van der Waals surface area contributed by atoms with Gasteiger partial charge in [-0.15, -0.1) is 0 Å². The molecule has 1 amide bonds. The summed E-state index contributed by atoms with van der Waals surface area (Å²) in [5.41, 5.74) is 1.37. The number of benzene rings is 2. The maximum absolute atomic E-state index is 13.3. The highest BCUT2D eigenvalue weighted by Crippen LogP contribution is 2.28. The van der Waals surface area contributed by atoms with Crippen molar-refractivity contribution in [2.45, 2.75) is 6.92 Å². The molecule has 0 heterocycles. The minimum absolute atomic E-state index is 0.186. The second-order valence-corrected chi connectivity index (χ2v) is 5.78. The molecule has 0 fully saturated rings. The van der Waals surface area contributed by atoms with Crippen LogP contribution < -0.4 is 5.32 Å². The number of amides is 1. The molecule has 104 valence electrons. The van der Waals surface area contributed by atoms with Crippen molar-refractivity contribution in [3.8, 4) is 0 Å². The molecule has 0 saturated heterocycles. The van der Waals surface area contributed by atoms with E-state index in [1.54, 1.807) is 25.1 Å². The van der Waals surface area contributed by atoms with Gasteiger partial charge >= 0.3 is 0 Å². The lowest BCUT2D eigenvalue weighted by Crippen LogP contribution is -2.13. The van der Waals surface area contributed by atoms with E-state index in [0.717, 1.165) is 0 Å². The molecule has 20 heavy (non-hydrogen) atoms. The average Bonchev–Trinajstić information content (AvgIpc) is 2.39. The third-order valence-corrected chi connectivity index (χ3v) is 4.14. The first kappa shape index (κ1) is 15.3. The lowest BCUT2D eigenvalue weighted by atomic mass is 10.1. The predicted octanol–water partition coefficient (Wildman–Crippen LogP) is 5.46. The predicted molar refractivity (Wildman–Crippen MR) is 83.3 cm³/mol. The number of halogens is 4. The highest BCUT2D eigenvalue weighted by Gasteiger charge is 2.14. The van der Waals surface area contributed by atoms with E-state index in [1.165, 1.54) is 12.1 Å². The molecule has 1 N–H and O–H groups in total. The summed E-state index contributed by atoms with van der Waals surface area (Å²) in [6, 6.07) is 7.63. The van der Waals surface area contributed by atoms with Crippen LogP contribution in [0.15, 0.2) is 34.8 Å². The van der Waals surface area contributed by atoms with Crippen molar-refractivity contribution in [3.05, 3.63) is 61.8 Å².